The predicted molar refractivity (Wildman–Crippen MR) is 93.9 cm³/mol. The summed E-state index contributed by atoms with van der Waals surface area (Å²) in [6.45, 7) is 3.05. The Balaban J connectivity index is 1.74. The molecule has 118 valence electrons. The summed E-state index contributed by atoms with van der Waals surface area (Å²) in [5, 5.41) is 1.74. The molecule has 23 heavy (non-hydrogen) atoms. The first-order chi connectivity index (χ1) is 11.2. The van der Waals surface area contributed by atoms with Crippen LogP contribution < -0.4 is 16.0 Å². The number of nitrogens with zero attached hydrogens (tertiary/aromatic N) is 1. The van der Waals surface area contributed by atoms with Gasteiger partial charge in [-0.3, -0.25) is 4.79 Å². The Morgan fingerprint density at radius 2 is 1.87 bits per heavy atom. The van der Waals surface area contributed by atoms with E-state index in [2.05, 4.69) is 13.0 Å². The summed E-state index contributed by atoms with van der Waals surface area (Å²) >= 11 is 0. The van der Waals surface area contributed by atoms with E-state index in [1.54, 1.807) is 16.7 Å². The minimum absolute atomic E-state index is 0.0195. The van der Waals surface area contributed by atoms with Gasteiger partial charge in [-0.2, -0.15) is 0 Å². The average molecular weight is 308 g/mol. The average Bonchev–Trinajstić information content (AvgIpc) is 2.58. The molecule has 0 amide bonds. The molecule has 3 rings (SSSR count). The number of aryl methyl sites for hydroxylation is 1. The van der Waals surface area contributed by atoms with E-state index in [9.17, 15) is 4.79 Å². The second kappa shape index (κ2) is 6.57. The fourth-order valence-electron chi connectivity index (χ4n) is 2.56. The monoisotopic (exact) mass is 308 g/mol. The standard InChI is InChI=1S/C19H20N2O2/c1-2-14-3-8-18-15(13-14)9-10-21(19(18)22)11-12-23-17-6-4-16(20)5-7-17/h3-10,13H,2,11-12,20H2,1H3. The van der Waals surface area contributed by atoms with E-state index in [0.29, 0.717) is 18.8 Å². The Hall–Kier alpha value is -2.75. The largest absolute Gasteiger partial charge is 0.492 e. The van der Waals surface area contributed by atoms with Gasteiger partial charge in [0.2, 0.25) is 0 Å². The Morgan fingerprint density at radius 3 is 2.61 bits per heavy atom. The van der Waals surface area contributed by atoms with Gasteiger partial charge in [-0.1, -0.05) is 19.1 Å². The highest BCUT2D eigenvalue weighted by Gasteiger charge is 2.04. The number of nitrogen functional groups attached to an aromatic ring is 1. The molecule has 1 heterocycles. The van der Waals surface area contributed by atoms with Crippen molar-refractivity contribution in [1.82, 2.24) is 4.57 Å². The normalized spacial score (nSPS) is 10.8. The summed E-state index contributed by atoms with van der Waals surface area (Å²) in [5.74, 6) is 0.751. The Kier molecular flexibility index (Phi) is 4.33. The first-order valence-corrected chi connectivity index (χ1v) is 7.78. The van der Waals surface area contributed by atoms with E-state index in [0.717, 1.165) is 22.9 Å². The summed E-state index contributed by atoms with van der Waals surface area (Å²) in [4.78, 5) is 12.5. The third kappa shape index (κ3) is 3.37. The van der Waals surface area contributed by atoms with E-state index in [-0.39, 0.29) is 5.56 Å². The smallest absolute Gasteiger partial charge is 0.258 e. The van der Waals surface area contributed by atoms with Crippen LogP contribution in [0.15, 0.2) is 59.5 Å². The Bertz CT molecular complexity index is 867. The fourth-order valence-corrected chi connectivity index (χ4v) is 2.56. The van der Waals surface area contributed by atoms with Crippen LogP contribution in [0, 0.1) is 0 Å². The van der Waals surface area contributed by atoms with Gasteiger partial charge < -0.3 is 15.0 Å². The number of pyridine rings is 1. The molecule has 0 aliphatic rings. The van der Waals surface area contributed by atoms with Gasteiger partial charge in [0.05, 0.1) is 6.54 Å². The summed E-state index contributed by atoms with van der Waals surface area (Å²) < 4.78 is 7.34. The molecule has 0 aliphatic heterocycles. The third-order valence-electron chi connectivity index (χ3n) is 3.93. The van der Waals surface area contributed by atoms with Crippen LogP contribution in [0.1, 0.15) is 12.5 Å². The number of ether oxygens (including phenoxy) is 1. The first kappa shape index (κ1) is 15.2. The minimum atomic E-state index is 0.0195. The van der Waals surface area contributed by atoms with Crippen molar-refractivity contribution in [3.63, 3.8) is 0 Å². The van der Waals surface area contributed by atoms with Crippen molar-refractivity contribution >= 4 is 16.5 Å². The lowest BCUT2D eigenvalue weighted by atomic mass is 10.1. The van der Waals surface area contributed by atoms with E-state index in [4.69, 9.17) is 10.5 Å². The van der Waals surface area contributed by atoms with Gasteiger partial charge in [-0.05, 0) is 53.8 Å². The molecule has 2 N–H and O–H groups in total. The van der Waals surface area contributed by atoms with Gasteiger partial charge in [0.25, 0.3) is 5.56 Å². The van der Waals surface area contributed by atoms with Crippen LogP contribution in [-0.4, -0.2) is 11.2 Å². The second-order valence-corrected chi connectivity index (χ2v) is 5.51. The number of fused-ring (bicyclic) bond motifs is 1. The van der Waals surface area contributed by atoms with Crippen molar-refractivity contribution < 1.29 is 4.74 Å². The molecule has 0 radical (unpaired) electrons. The van der Waals surface area contributed by atoms with Crippen LogP contribution >= 0.6 is 0 Å². The molecule has 3 aromatic rings. The van der Waals surface area contributed by atoms with Crippen molar-refractivity contribution in [2.75, 3.05) is 12.3 Å². The van der Waals surface area contributed by atoms with Gasteiger partial charge in [0.15, 0.2) is 0 Å². The number of aromatic nitrogens is 1. The van der Waals surface area contributed by atoms with E-state index in [1.165, 1.54) is 5.56 Å². The zero-order valence-electron chi connectivity index (χ0n) is 13.2. The van der Waals surface area contributed by atoms with Crippen molar-refractivity contribution in [3.8, 4) is 5.75 Å². The Labute approximate surface area is 135 Å². The quantitative estimate of drug-likeness (QED) is 0.736. The van der Waals surface area contributed by atoms with Crippen LogP contribution in [-0.2, 0) is 13.0 Å². The molecule has 0 fully saturated rings. The van der Waals surface area contributed by atoms with E-state index < -0.39 is 0 Å². The van der Waals surface area contributed by atoms with Crippen LogP contribution in [0.4, 0.5) is 5.69 Å². The van der Waals surface area contributed by atoms with Gasteiger partial charge in [0.1, 0.15) is 12.4 Å². The summed E-state index contributed by atoms with van der Waals surface area (Å²) in [6, 6.07) is 15.2. The van der Waals surface area contributed by atoms with Gasteiger partial charge >= 0.3 is 0 Å². The van der Waals surface area contributed by atoms with Crippen molar-refractivity contribution in [2.24, 2.45) is 0 Å². The number of rotatable bonds is 5. The number of anilines is 1. The van der Waals surface area contributed by atoms with E-state index >= 15 is 0 Å². The van der Waals surface area contributed by atoms with E-state index in [1.807, 2.05) is 36.5 Å². The molecule has 4 nitrogen and oxygen atoms in total. The maximum absolute atomic E-state index is 12.5. The minimum Gasteiger partial charge on any atom is -0.492 e. The first-order valence-electron chi connectivity index (χ1n) is 7.78. The van der Waals surface area contributed by atoms with Crippen molar-refractivity contribution in [1.29, 1.82) is 0 Å². The van der Waals surface area contributed by atoms with Gasteiger partial charge in [-0.15, -0.1) is 0 Å². The number of hydrogen-bond acceptors (Lipinski definition) is 3. The lowest BCUT2D eigenvalue weighted by molar-refractivity contribution is 0.297. The maximum atomic E-state index is 12.5. The van der Waals surface area contributed by atoms with Crippen molar-refractivity contribution in [3.05, 3.63) is 70.6 Å². The molecular formula is C19H20N2O2. The Morgan fingerprint density at radius 1 is 1.09 bits per heavy atom. The third-order valence-corrected chi connectivity index (χ3v) is 3.93. The molecule has 0 aliphatic carbocycles. The lowest BCUT2D eigenvalue weighted by Gasteiger charge is -2.10. The van der Waals surface area contributed by atoms with Gasteiger partial charge in [-0.25, -0.2) is 0 Å². The molecule has 2 aromatic carbocycles. The summed E-state index contributed by atoms with van der Waals surface area (Å²) in [5.41, 5.74) is 7.60. The number of nitrogens with two attached hydrogens (primary N) is 1. The number of benzene rings is 2. The summed E-state index contributed by atoms with van der Waals surface area (Å²) in [6.07, 6.45) is 2.80. The molecule has 0 unspecified atom stereocenters. The SMILES string of the molecule is CCc1ccc2c(=O)n(CCOc3ccc(N)cc3)ccc2c1. The highest BCUT2D eigenvalue weighted by Crippen LogP contribution is 2.14. The van der Waals surface area contributed by atoms with Crippen LogP contribution in [0.2, 0.25) is 0 Å². The van der Waals surface area contributed by atoms with Crippen LogP contribution in [0.5, 0.6) is 5.75 Å². The van der Waals surface area contributed by atoms with Crippen LogP contribution in [0.25, 0.3) is 10.8 Å². The zero-order chi connectivity index (χ0) is 16.2. The molecular weight excluding hydrogens is 288 g/mol. The molecule has 0 saturated carbocycles. The highest BCUT2D eigenvalue weighted by atomic mass is 16.5. The molecule has 0 atom stereocenters. The number of hydrogen-bond donors (Lipinski definition) is 1. The summed E-state index contributed by atoms with van der Waals surface area (Å²) in [7, 11) is 0. The second-order valence-electron chi connectivity index (χ2n) is 5.51. The maximum Gasteiger partial charge on any atom is 0.258 e. The molecule has 4 heteroatoms. The lowest BCUT2D eigenvalue weighted by Crippen LogP contribution is -2.22. The van der Waals surface area contributed by atoms with Gasteiger partial charge in [0, 0.05) is 17.3 Å². The molecule has 0 spiro atoms. The molecule has 0 saturated heterocycles. The fraction of sp³-hybridized carbons (Fsp3) is 0.211. The van der Waals surface area contributed by atoms with Crippen molar-refractivity contribution in [2.45, 2.75) is 19.9 Å². The topological polar surface area (TPSA) is 57.2 Å². The molecule has 1 aromatic heterocycles. The zero-order valence-corrected chi connectivity index (χ0v) is 13.2. The predicted octanol–water partition coefficient (Wildman–Crippen LogP) is 3.23. The molecule has 0 bridgehead atoms. The van der Waals surface area contributed by atoms with Crippen LogP contribution in [0.3, 0.4) is 0 Å². The highest BCUT2D eigenvalue weighted by molar-refractivity contribution is 5.82.